The van der Waals surface area contributed by atoms with Gasteiger partial charge in [0.1, 0.15) is 24.7 Å². The van der Waals surface area contributed by atoms with E-state index < -0.39 is 15.9 Å². The molecule has 198 valence electrons. The number of anilines is 1. The first-order chi connectivity index (χ1) is 17.5. The van der Waals surface area contributed by atoms with Crippen molar-refractivity contribution in [2.45, 2.75) is 46.3 Å². The molecule has 1 N–H and O–H groups in total. The van der Waals surface area contributed by atoms with Gasteiger partial charge >= 0.3 is 0 Å². The molecule has 1 atom stereocenters. The Morgan fingerprint density at radius 3 is 2.19 bits per heavy atom. The van der Waals surface area contributed by atoms with Crippen LogP contribution in [-0.2, 0) is 21.4 Å². The lowest BCUT2D eigenvalue weighted by molar-refractivity contribution is -0.120. The molecule has 3 rings (SSSR count). The second kappa shape index (κ2) is 12.1. The summed E-state index contributed by atoms with van der Waals surface area (Å²) in [7, 11) is -2.06. The maximum atomic E-state index is 13.0. The summed E-state index contributed by atoms with van der Waals surface area (Å²) in [4.78, 5) is 13.0. The molecule has 1 unspecified atom stereocenters. The third-order valence-corrected chi connectivity index (χ3v) is 7.29. The molecule has 0 saturated heterocycles. The number of nitrogens with one attached hydrogen (secondary N) is 1. The number of methoxy groups -OCH3 is 1. The van der Waals surface area contributed by atoms with Gasteiger partial charge in [0, 0.05) is 0 Å². The van der Waals surface area contributed by atoms with Crippen molar-refractivity contribution >= 4 is 21.6 Å². The SMILES string of the molecule is COc1cc(C)c(C(C)NC(=O)CN(c2ccc(OCc3ccccc3)cc2)S(C)(=O)=O)cc1C(C)C. The molecule has 0 bridgehead atoms. The van der Waals surface area contributed by atoms with Gasteiger partial charge in [-0.3, -0.25) is 9.10 Å². The Balaban J connectivity index is 1.71. The molecule has 0 spiro atoms. The molecular weight excluding hydrogens is 488 g/mol. The molecule has 0 heterocycles. The Morgan fingerprint density at radius 2 is 1.62 bits per heavy atom. The zero-order valence-electron chi connectivity index (χ0n) is 22.3. The number of carbonyl (C=O) groups excluding carboxylic acids is 1. The molecule has 7 nitrogen and oxygen atoms in total. The maximum Gasteiger partial charge on any atom is 0.241 e. The van der Waals surface area contributed by atoms with Gasteiger partial charge in [0.15, 0.2) is 0 Å². The Labute approximate surface area is 220 Å². The maximum absolute atomic E-state index is 13.0. The molecule has 0 aromatic heterocycles. The number of amides is 1. The Hall–Kier alpha value is -3.52. The minimum atomic E-state index is -3.70. The van der Waals surface area contributed by atoms with Crippen molar-refractivity contribution in [3.63, 3.8) is 0 Å². The van der Waals surface area contributed by atoms with Gasteiger partial charge in [-0.2, -0.15) is 0 Å². The van der Waals surface area contributed by atoms with Gasteiger partial charge in [-0.15, -0.1) is 0 Å². The topological polar surface area (TPSA) is 84.9 Å². The summed E-state index contributed by atoms with van der Waals surface area (Å²) in [6.45, 7) is 8.10. The minimum absolute atomic E-state index is 0.248. The highest BCUT2D eigenvalue weighted by molar-refractivity contribution is 7.92. The van der Waals surface area contributed by atoms with Gasteiger partial charge in [0.25, 0.3) is 0 Å². The summed E-state index contributed by atoms with van der Waals surface area (Å²) in [5.74, 6) is 1.27. The highest BCUT2D eigenvalue weighted by Gasteiger charge is 2.23. The van der Waals surface area contributed by atoms with Crippen LogP contribution in [0.3, 0.4) is 0 Å². The van der Waals surface area contributed by atoms with Crippen molar-refractivity contribution in [2.75, 3.05) is 24.2 Å². The van der Waals surface area contributed by atoms with E-state index in [0.717, 1.165) is 38.6 Å². The van der Waals surface area contributed by atoms with Crippen LogP contribution < -0.4 is 19.1 Å². The third-order valence-electron chi connectivity index (χ3n) is 6.14. The number of hydrogen-bond acceptors (Lipinski definition) is 5. The van der Waals surface area contributed by atoms with E-state index >= 15 is 0 Å². The largest absolute Gasteiger partial charge is 0.496 e. The van der Waals surface area contributed by atoms with Gasteiger partial charge in [-0.25, -0.2) is 8.42 Å². The van der Waals surface area contributed by atoms with Crippen LogP contribution in [0.15, 0.2) is 66.7 Å². The summed E-state index contributed by atoms with van der Waals surface area (Å²) in [6, 6.07) is 20.1. The van der Waals surface area contributed by atoms with E-state index in [9.17, 15) is 13.2 Å². The number of rotatable bonds is 11. The van der Waals surface area contributed by atoms with Crippen LogP contribution in [0.1, 0.15) is 55.0 Å². The third kappa shape index (κ3) is 7.49. The summed E-state index contributed by atoms with van der Waals surface area (Å²) in [6.07, 6.45) is 1.09. The minimum Gasteiger partial charge on any atom is -0.496 e. The van der Waals surface area contributed by atoms with Crippen LogP contribution in [0.4, 0.5) is 5.69 Å². The zero-order chi connectivity index (χ0) is 27.2. The van der Waals surface area contributed by atoms with Crippen LogP contribution in [0.5, 0.6) is 11.5 Å². The lowest BCUT2D eigenvalue weighted by Gasteiger charge is -2.25. The lowest BCUT2D eigenvalue weighted by Crippen LogP contribution is -2.41. The molecule has 0 aliphatic heterocycles. The second-order valence-electron chi connectivity index (χ2n) is 9.43. The van der Waals surface area contributed by atoms with E-state index in [0.29, 0.717) is 18.0 Å². The van der Waals surface area contributed by atoms with E-state index in [4.69, 9.17) is 9.47 Å². The first kappa shape index (κ1) is 28.1. The van der Waals surface area contributed by atoms with E-state index in [1.165, 1.54) is 0 Å². The van der Waals surface area contributed by atoms with Crippen LogP contribution in [0.25, 0.3) is 0 Å². The van der Waals surface area contributed by atoms with Gasteiger partial charge in [-0.05, 0) is 78.4 Å². The van der Waals surface area contributed by atoms with Crippen LogP contribution in [0, 0.1) is 6.92 Å². The molecule has 3 aromatic rings. The number of hydrogen-bond donors (Lipinski definition) is 1. The van der Waals surface area contributed by atoms with Crippen LogP contribution in [0.2, 0.25) is 0 Å². The lowest BCUT2D eigenvalue weighted by atomic mass is 9.93. The smallest absolute Gasteiger partial charge is 0.241 e. The Bertz CT molecular complexity index is 1310. The molecule has 1 amide bonds. The predicted molar refractivity (Wildman–Crippen MR) is 148 cm³/mol. The highest BCUT2D eigenvalue weighted by Crippen LogP contribution is 2.32. The number of nitrogens with zero attached hydrogens (tertiary/aromatic N) is 1. The molecule has 0 aliphatic rings. The monoisotopic (exact) mass is 524 g/mol. The fourth-order valence-electron chi connectivity index (χ4n) is 4.16. The average molecular weight is 525 g/mol. The van der Waals surface area contributed by atoms with Gasteiger partial charge < -0.3 is 14.8 Å². The Kier molecular flexibility index (Phi) is 9.21. The number of aryl methyl sites for hydroxylation is 1. The van der Waals surface area contributed by atoms with E-state index in [2.05, 4.69) is 19.2 Å². The summed E-state index contributed by atoms with van der Waals surface area (Å²) >= 11 is 0. The molecule has 0 aliphatic carbocycles. The number of benzene rings is 3. The second-order valence-corrected chi connectivity index (χ2v) is 11.3. The van der Waals surface area contributed by atoms with Crippen molar-refractivity contribution in [1.82, 2.24) is 5.32 Å². The number of carbonyl (C=O) groups is 1. The van der Waals surface area contributed by atoms with Gasteiger partial charge in [-0.1, -0.05) is 44.2 Å². The normalized spacial score (nSPS) is 12.2. The molecule has 0 fully saturated rings. The summed E-state index contributed by atoms with van der Waals surface area (Å²) in [5.41, 5.74) is 4.42. The molecule has 37 heavy (non-hydrogen) atoms. The van der Waals surface area contributed by atoms with Crippen molar-refractivity contribution < 1.29 is 22.7 Å². The van der Waals surface area contributed by atoms with Crippen molar-refractivity contribution in [3.8, 4) is 11.5 Å². The average Bonchev–Trinajstić information content (AvgIpc) is 2.86. The number of ether oxygens (including phenoxy) is 2. The van der Waals surface area contributed by atoms with Crippen LogP contribution >= 0.6 is 0 Å². The molecule has 0 saturated carbocycles. The van der Waals surface area contributed by atoms with Gasteiger partial charge in [0.05, 0.1) is 25.1 Å². The molecule has 0 radical (unpaired) electrons. The summed E-state index contributed by atoms with van der Waals surface area (Å²) < 4.78 is 37.5. The zero-order valence-corrected chi connectivity index (χ0v) is 23.1. The van der Waals surface area contributed by atoms with Crippen molar-refractivity contribution in [2.24, 2.45) is 0 Å². The highest BCUT2D eigenvalue weighted by atomic mass is 32.2. The quantitative estimate of drug-likeness (QED) is 0.366. The summed E-state index contributed by atoms with van der Waals surface area (Å²) in [5, 5.41) is 2.95. The predicted octanol–water partition coefficient (Wildman–Crippen LogP) is 5.35. The molecular formula is C29H36N2O5S. The Morgan fingerprint density at radius 1 is 0.973 bits per heavy atom. The van der Waals surface area contributed by atoms with Crippen molar-refractivity contribution in [3.05, 3.63) is 89.0 Å². The fourth-order valence-corrected chi connectivity index (χ4v) is 5.01. The van der Waals surface area contributed by atoms with Gasteiger partial charge in [0.2, 0.25) is 15.9 Å². The van der Waals surface area contributed by atoms with Crippen molar-refractivity contribution in [1.29, 1.82) is 0 Å². The standard InChI is InChI=1S/C29H36N2O5S/c1-20(2)26-17-27(21(3)16-28(26)35-5)22(4)30-29(32)18-31(37(6,33)34)24-12-14-25(15-13-24)36-19-23-10-8-7-9-11-23/h7-17,20,22H,18-19H2,1-6H3,(H,30,32). The fraction of sp³-hybridized carbons (Fsp3) is 0.345. The molecule has 3 aromatic carbocycles. The van der Waals surface area contributed by atoms with E-state index in [1.54, 1.807) is 31.4 Å². The first-order valence-corrected chi connectivity index (χ1v) is 14.1. The molecule has 8 heteroatoms. The van der Waals surface area contributed by atoms with E-state index in [-0.39, 0.29) is 18.5 Å². The van der Waals surface area contributed by atoms with Crippen LogP contribution in [-0.4, -0.2) is 34.2 Å². The first-order valence-electron chi connectivity index (χ1n) is 12.2. The van der Waals surface area contributed by atoms with E-state index in [1.807, 2.05) is 56.3 Å². The number of sulfonamides is 1.